The van der Waals surface area contributed by atoms with Crippen LogP contribution in [0.3, 0.4) is 0 Å². The van der Waals surface area contributed by atoms with Gasteiger partial charge in [-0.1, -0.05) is 31.2 Å². The fourth-order valence-corrected chi connectivity index (χ4v) is 3.85. The van der Waals surface area contributed by atoms with Crippen LogP contribution in [0.2, 0.25) is 0 Å². The van der Waals surface area contributed by atoms with Crippen molar-refractivity contribution >= 4 is 28.0 Å². The summed E-state index contributed by atoms with van der Waals surface area (Å²) in [5.74, 6) is -0.420. The summed E-state index contributed by atoms with van der Waals surface area (Å²) in [5.41, 5.74) is 0.251. The van der Waals surface area contributed by atoms with E-state index in [1.165, 1.54) is 10.7 Å². The highest BCUT2D eigenvalue weighted by Gasteiger charge is 2.18. The summed E-state index contributed by atoms with van der Waals surface area (Å²) in [7, 11) is 0. The van der Waals surface area contributed by atoms with Crippen molar-refractivity contribution in [2.45, 2.75) is 25.9 Å². The SMILES string of the molecule is CC[C@H](Cn1nc(-c2cccs2)ccc1=O)NC(=O)c1n[nH]c(=O)c2ccccc12. The minimum Gasteiger partial charge on any atom is -0.346 e. The van der Waals surface area contributed by atoms with Gasteiger partial charge in [-0.2, -0.15) is 10.2 Å². The first-order chi connectivity index (χ1) is 14.6. The van der Waals surface area contributed by atoms with Gasteiger partial charge in [0.25, 0.3) is 17.0 Å². The van der Waals surface area contributed by atoms with Crippen LogP contribution in [0.15, 0.2) is 63.5 Å². The number of carbonyl (C=O) groups is 1. The maximum atomic E-state index is 12.9. The zero-order valence-electron chi connectivity index (χ0n) is 16.2. The Bertz CT molecular complexity index is 1310. The maximum absolute atomic E-state index is 12.9. The summed E-state index contributed by atoms with van der Waals surface area (Å²) < 4.78 is 1.36. The van der Waals surface area contributed by atoms with Crippen LogP contribution in [-0.2, 0) is 6.54 Å². The summed E-state index contributed by atoms with van der Waals surface area (Å²) >= 11 is 1.54. The molecule has 3 aromatic heterocycles. The predicted octanol–water partition coefficient (Wildman–Crippen LogP) is 2.42. The largest absolute Gasteiger partial charge is 0.346 e. The Kier molecular flexibility index (Phi) is 5.53. The number of fused-ring (bicyclic) bond motifs is 1. The number of carbonyl (C=O) groups excluding carboxylic acids is 1. The van der Waals surface area contributed by atoms with E-state index in [-0.39, 0.29) is 29.4 Å². The number of nitrogens with zero attached hydrogens (tertiary/aromatic N) is 3. The Hall–Kier alpha value is -3.59. The van der Waals surface area contributed by atoms with E-state index in [0.29, 0.717) is 22.9 Å². The zero-order chi connectivity index (χ0) is 21.1. The van der Waals surface area contributed by atoms with Gasteiger partial charge in [0, 0.05) is 17.5 Å². The van der Waals surface area contributed by atoms with E-state index in [0.717, 1.165) is 4.88 Å². The van der Waals surface area contributed by atoms with Gasteiger partial charge in [0.1, 0.15) is 5.69 Å². The van der Waals surface area contributed by atoms with Crippen molar-refractivity contribution in [3.8, 4) is 10.6 Å². The van der Waals surface area contributed by atoms with Crippen molar-refractivity contribution in [2.24, 2.45) is 0 Å². The van der Waals surface area contributed by atoms with Gasteiger partial charge in [-0.25, -0.2) is 9.78 Å². The quantitative estimate of drug-likeness (QED) is 0.497. The van der Waals surface area contributed by atoms with Crippen LogP contribution in [0, 0.1) is 0 Å². The number of H-pyrrole nitrogens is 1. The number of nitrogens with one attached hydrogen (secondary N) is 2. The Morgan fingerprint density at radius 1 is 1.13 bits per heavy atom. The molecule has 2 N–H and O–H groups in total. The molecule has 152 valence electrons. The van der Waals surface area contributed by atoms with E-state index in [1.807, 2.05) is 24.4 Å². The molecule has 1 amide bonds. The number of hydrogen-bond acceptors (Lipinski definition) is 6. The average Bonchev–Trinajstić information content (AvgIpc) is 3.30. The topological polar surface area (TPSA) is 110 Å². The summed E-state index contributed by atoms with van der Waals surface area (Å²) in [4.78, 5) is 38.1. The van der Waals surface area contributed by atoms with Gasteiger partial charge in [0.05, 0.1) is 16.8 Å². The van der Waals surface area contributed by atoms with Gasteiger partial charge in [-0.15, -0.1) is 11.3 Å². The van der Waals surface area contributed by atoms with Crippen LogP contribution in [0.5, 0.6) is 0 Å². The summed E-state index contributed by atoms with van der Waals surface area (Å²) in [6.07, 6.45) is 0.588. The van der Waals surface area contributed by atoms with Gasteiger partial charge in [0.2, 0.25) is 0 Å². The molecule has 0 aliphatic rings. The number of aromatic nitrogens is 4. The van der Waals surface area contributed by atoms with Crippen molar-refractivity contribution in [1.82, 2.24) is 25.3 Å². The standard InChI is InChI=1S/C21H19N5O3S/c1-2-13(12-26-18(27)10-9-16(25-26)17-8-5-11-30-17)22-21(29)19-14-6-3-4-7-15(14)20(28)24-23-19/h3-11,13H,2,12H2,1H3,(H,22,29)(H,24,28)/t13-/m1/s1. The first-order valence-corrected chi connectivity index (χ1v) is 10.3. The molecule has 0 radical (unpaired) electrons. The number of aromatic amines is 1. The molecule has 4 aromatic rings. The fraction of sp³-hybridized carbons (Fsp3) is 0.190. The molecule has 30 heavy (non-hydrogen) atoms. The first-order valence-electron chi connectivity index (χ1n) is 9.47. The Morgan fingerprint density at radius 3 is 2.67 bits per heavy atom. The number of amides is 1. The molecule has 4 rings (SSSR count). The lowest BCUT2D eigenvalue weighted by Crippen LogP contribution is -2.41. The zero-order valence-corrected chi connectivity index (χ0v) is 17.0. The number of benzene rings is 1. The Labute approximate surface area is 175 Å². The number of rotatable bonds is 6. The second-order valence-electron chi connectivity index (χ2n) is 6.74. The second-order valence-corrected chi connectivity index (χ2v) is 7.69. The van der Waals surface area contributed by atoms with E-state index < -0.39 is 5.91 Å². The highest BCUT2D eigenvalue weighted by Crippen LogP contribution is 2.21. The van der Waals surface area contributed by atoms with E-state index in [4.69, 9.17) is 0 Å². The van der Waals surface area contributed by atoms with Crippen LogP contribution in [0.25, 0.3) is 21.3 Å². The Morgan fingerprint density at radius 2 is 1.93 bits per heavy atom. The molecule has 0 unspecified atom stereocenters. The molecule has 8 nitrogen and oxygen atoms in total. The molecule has 0 spiro atoms. The normalized spacial score (nSPS) is 12.0. The lowest BCUT2D eigenvalue weighted by atomic mass is 10.1. The molecule has 9 heteroatoms. The molecule has 0 saturated heterocycles. The molecule has 0 fully saturated rings. The molecule has 1 aromatic carbocycles. The molecule has 3 heterocycles. The van der Waals surface area contributed by atoms with Crippen molar-refractivity contribution in [3.05, 3.63) is 80.3 Å². The lowest BCUT2D eigenvalue weighted by molar-refractivity contribution is 0.0926. The third kappa shape index (κ3) is 3.92. The average molecular weight is 421 g/mol. The maximum Gasteiger partial charge on any atom is 0.272 e. The van der Waals surface area contributed by atoms with Crippen LogP contribution >= 0.6 is 11.3 Å². The predicted molar refractivity (Wildman–Crippen MR) is 116 cm³/mol. The third-order valence-corrected chi connectivity index (χ3v) is 5.67. The summed E-state index contributed by atoms with van der Waals surface area (Å²) in [6.45, 7) is 2.14. The van der Waals surface area contributed by atoms with E-state index in [9.17, 15) is 14.4 Å². The van der Waals surface area contributed by atoms with Gasteiger partial charge >= 0.3 is 0 Å². The van der Waals surface area contributed by atoms with Crippen LogP contribution in [0.4, 0.5) is 0 Å². The van der Waals surface area contributed by atoms with Crippen LogP contribution < -0.4 is 16.4 Å². The lowest BCUT2D eigenvalue weighted by Gasteiger charge is -2.18. The highest BCUT2D eigenvalue weighted by atomic mass is 32.1. The third-order valence-electron chi connectivity index (χ3n) is 4.77. The molecule has 0 bridgehead atoms. The Balaban J connectivity index is 1.58. The van der Waals surface area contributed by atoms with Crippen molar-refractivity contribution in [1.29, 1.82) is 0 Å². The summed E-state index contributed by atoms with van der Waals surface area (Å²) in [6, 6.07) is 13.5. The monoisotopic (exact) mass is 421 g/mol. The second kappa shape index (κ2) is 8.42. The van der Waals surface area contributed by atoms with Crippen molar-refractivity contribution < 1.29 is 4.79 Å². The molecule has 0 saturated carbocycles. The van der Waals surface area contributed by atoms with Crippen LogP contribution in [0.1, 0.15) is 23.8 Å². The molecular formula is C21H19N5O3S. The molecular weight excluding hydrogens is 402 g/mol. The van der Waals surface area contributed by atoms with Gasteiger partial charge in [-0.05, 0) is 30.0 Å². The number of thiophene rings is 1. The molecule has 0 aliphatic carbocycles. The highest BCUT2D eigenvalue weighted by molar-refractivity contribution is 7.13. The minimum atomic E-state index is -0.420. The van der Waals surface area contributed by atoms with Gasteiger partial charge in [-0.3, -0.25) is 14.4 Å². The summed E-state index contributed by atoms with van der Waals surface area (Å²) in [5, 5.41) is 16.5. The van der Waals surface area contributed by atoms with E-state index in [1.54, 1.807) is 41.7 Å². The van der Waals surface area contributed by atoms with Crippen LogP contribution in [-0.4, -0.2) is 31.9 Å². The van der Waals surface area contributed by atoms with Crippen molar-refractivity contribution in [2.75, 3.05) is 0 Å². The van der Waals surface area contributed by atoms with E-state index >= 15 is 0 Å². The smallest absolute Gasteiger partial charge is 0.272 e. The van der Waals surface area contributed by atoms with Gasteiger partial charge in [0.15, 0.2) is 5.69 Å². The number of hydrogen-bond donors (Lipinski definition) is 2. The first kappa shape index (κ1) is 19.7. The van der Waals surface area contributed by atoms with Crippen molar-refractivity contribution in [3.63, 3.8) is 0 Å². The van der Waals surface area contributed by atoms with Gasteiger partial charge < -0.3 is 5.32 Å². The van der Waals surface area contributed by atoms with E-state index in [2.05, 4.69) is 20.6 Å². The minimum absolute atomic E-state index is 0.135. The molecule has 0 aliphatic heterocycles. The molecule has 1 atom stereocenters. The fourth-order valence-electron chi connectivity index (χ4n) is 3.16.